The molecule has 0 bridgehead atoms. The lowest BCUT2D eigenvalue weighted by molar-refractivity contribution is -0.117. The maximum atomic E-state index is 11.8. The van der Waals surface area contributed by atoms with Gasteiger partial charge in [-0.1, -0.05) is 24.0 Å². The smallest absolute Gasteiger partial charge is 0.267 e. The first kappa shape index (κ1) is 20.1. The highest BCUT2D eigenvalue weighted by atomic mass is 16.1. The number of hydrogen-bond donors (Lipinski definition) is 1. The van der Waals surface area contributed by atoms with Crippen molar-refractivity contribution >= 4 is 23.2 Å². The fraction of sp³-hybridized carbons (Fsp3) is 0.273. The number of nitrogens with two attached hydrogens (primary N) is 1. The second-order valence-electron chi connectivity index (χ2n) is 6.69. The Morgan fingerprint density at radius 3 is 2.90 bits per heavy atom. The lowest BCUT2D eigenvalue weighted by Gasteiger charge is -2.07. The standard InChI is InChI=1S/C22H23N5O2/c1-3-27-20-13-19(22(23)29)25-21(18(20)14-24-27)17-10-7-9-16(12-17)8-5-4-6-11-26(2)15-28/h7,9-10,12-15H,3-4,6,11H2,1-2H3,(H2,23,29). The van der Waals surface area contributed by atoms with Crippen molar-refractivity contribution in [1.29, 1.82) is 0 Å². The van der Waals surface area contributed by atoms with Crippen molar-refractivity contribution in [2.45, 2.75) is 26.3 Å². The number of amides is 2. The third-order valence-electron chi connectivity index (χ3n) is 4.55. The Morgan fingerprint density at radius 1 is 1.34 bits per heavy atom. The second kappa shape index (κ2) is 9.02. The van der Waals surface area contributed by atoms with Crippen molar-refractivity contribution in [3.8, 4) is 23.1 Å². The van der Waals surface area contributed by atoms with Crippen LogP contribution in [-0.2, 0) is 11.3 Å². The van der Waals surface area contributed by atoms with E-state index in [0.717, 1.165) is 34.9 Å². The van der Waals surface area contributed by atoms with Crippen molar-refractivity contribution in [3.05, 3.63) is 47.8 Å². The Balaban J connectivity index is 1.93. The molecule has 7 nitrogen and oxygen atoms in total. The fourth-order valence-electron chi connectivity index (χ4n) is 3.05. The number of primary amides is 1. The molecule has 3 rings (SSSR count). The molecule has 2 heterocycles. The Hall–Kier alpha value is -3.66. The van der Waals surface area contributed by atoms with E-state index in [9.17, 15) is 9.59 Å². The average Bonchev–Trinajstić information content (AvgIpc) is 3.15. The van der Waals surface area contributed by atoms with Crippen LogP contribution >= 0.6 is 0 Å². The number of hydrogen-bond acceptors (Lipinski definition) is 4. The summed E-state index contributed by atoms with van der Waals surface area (Å²) >= 11 is 0. The van der Waals surface area contributed by atoms with Gasteiger partial charge in [-0.3, -0.25) is 14.3 Å². The number of pyridine rings is 1. The van der Waals surface area contributed by atoms with E-state index in [0.29, 0.717) is 25.2 Å². The summed E-state index contributed by atoms with van der Waals surface area (Å²) in [5.74, 6) is 5.71. The number of carbonyl (C=O) groups excluding carboxylic acids is 2. The summed E-state index contributed by atoms with van der Waals surface area (Å²) in [6, 6.07) is 9.39. The molecule has 0 unspecified atom stereocenters. The number of rotatable bonds is 7. The number of aryl methyl sites for hydroxylation is 1. The van der Waals surface area contributed by atoms with E-state index in [1.807, 2.05) is 35.9 Å². The van der Waals surface area contributed by atoms with E-state index in [4.69, 9.17) is 5.73 Å². The van der Waals surface area contributed by atoms with Crippen LogP contribution in [0.15, 0.2) is 36.5 Å². The summed E-state index contributed by atoms with van der Waals surface area (Å²) in [6.45, 7) is 3.34. The number of benzene rings is 1. The highest BCUT2D eigenvalue weighted by Crippen LogP contribution is 2.28. The Kier molecular flexibility index (Phi) is 6.25. The lowest BCUT2D eigenvalue weighted by atomic mass is 10.0. The SMILES string of the molecule is CCn1ncc2c(-c3cccc(C#CCCCN(C)C=O)c3)nc(C(N)=O)cc21. The fourth-order valence-corrected chi connectivity index (χ4v) is 3.05. The molecule has 0 spiro atoms. The van der Waals surface area contributed by atoms with Crippen molar-refractivity contribution in [2.75, 3.05) is 13.6 Å². The van der Waals surface area contributed by atoms with Crippen LogP contribution in [0.3, 0.4) is 0 Å². The van der Waals surface area contributed by atoms with Crippen molar-refractivity contribution in [1.82, 2.24) is 19.7 Å². The molecule has 0 aliphatic carbocycles. The molecule has 7 heteroatoms. The van der Waals surface area contributed by atoms with Gasteiger partial charge in [0.05, 0.1) is 17.4 Å². The molecular formula is C22H23N5O2. The average molecular weight is 389 g/mol. The van der Waals surface area contributed by atoms with Crippen LogP contribution in [0.25, 0.3) is 22.2 Å². The zero-order valence-electron chi connectivity index (χ0n) is 16.6. The van der Waals surface area contributed by atoms with Gasteiger partial charge in [-0.15, -0.1) is 0 Å². The van der Waals surface area contributed by atoms with E-state index in [1.54, 1.807) is 24.2 Å². The Morgan fingerprint density at radius 2 is 2.17 bits per heavy atom. The van der Waals surface area contributed by atoms with Crippen LogP contribution in [-0.4, -0.2) is 45.6 Å². The molecule has 0 radical (unpaired) electrons. The number of unbranched alkanes of at least 4 members (excludes halogenated alkanes) is 1. The minimum absolute atomic E-state index is 0.207. The van der Waals surface area contributed by atoms with E-state index in [2.05, 4.69) is 21.9 Å². The predicted molar refractivity (Wildman–Crippen MR) is 112 cm³/mol. The van der Waals surface area contributed by atoms with Gasteiger partial charge in [-0.2, -0.15) is 5.10 Å². The molecule has 2 amide bonds. The van der Waals surface area contributed by atoms with Crippen LogP contribution in [0.2, 0.25) is 0 Å². The van der Waals surface area contributed by atoms with Crippen LogP contribution in [0.5, 0.6) is 0 Å². The van der Waals surface area contributed by atoms with Gasteiger partial charge in [0, 0.05) is 43.1 Å². The summed E-state index contributed by atoms with van der Waals surface area (Å²) in [7, 11) is 1.75. The molecule has 148 valence electrons. The van der Waals surface area contributed by atoms with Crippen molar-refractivity contribution in [3.63, 3.8) is 0 Å². The molecule has 0 saturated carbocycles. The van der Waals surface area contributed by atoms with E-state index >= 15 is 0 Å². The number of nitrogens with zero attached hydrogens (tertiary/aromatic N) is 4. The first-order valence-corrected chi connectivity index (χ1v) is 9.44. The van der Waals surface area contributed by atoms with Crippen LogP contribution in [0, 0.1) is 11.8 Å². The quantitative estimate of drug-likeness (QED) is 0.381. The Bertz CT molecular complexity index is 1110. The minimum Gasteiger partial charge on any atom is -0.364 e. The summed E-state index contributed by atoms with van der Waals surface area (Å²) < 4.78 is 1.81. The maximum Gasteiger partial charge on any atom is 0.267 e. The largest absolute Gasteiger partial charge is 0.364 e. The van der Waals surface area contributed by atoms with Gasteiger partial charge in [0.1, 0.15) is 5.69 Å². The zero-order valence-corrected chi connectivity index (χ0v) is 16.6. The monoisotopic (exact) mass is 389 g/mol. The van der Waals surface area contributed by atoms with E-state index in [-0.39, 0.29) is 5.69 Å². The summed E-state index contributed by atoms with van der Waals surface area (Å²) in [5.41, 5.74) is 8.88. The normalized spacial score (nSPS) is 10.4. The van der Waals surface area contributed by atoms with Crippen LogP contribution in [0.1, 0.15) is 35.8 Å². The number of fused-ring (bicyclic) bond motifs is 1. The molecule has 29 heavy (non-hydrogen) atoms. The third kappa shape index (κ3) is 4.61. The van der Waals surface area contributed by atoms with Gasteiger partial charge < -0.3 is 10.6 Å². The van der Waals surface area contributed by atoms with Crippen LogP contribution < -0.4 is 5.73 Å². The highest BCUT2D eigenvalue weighted by Gasteiger charge is 2.15. The van der Waals surface area contributed by atoms with Gasteiger partial charge in [0.2, 0.25) is 6.41 Å². The first-order valence-electron chi connectivity index (χ1n) is 9.44. The predicted octanol–water partition coefficient (Wildman–Crippen LogP) is 2.44. The molecule has 0 atom stereocenters. The molecule has 0 fully saturated rings. The molecule has 2 N–H and O–H groups in total. The number of carbonyl (C=O) groups is 2. The molecule has 1 aromatic carbocycles. The summed E-state index contributed by atoms with van der Waals surface area (Å²) in [5, 5.41) is 5.24. The third-order valence-corrected chi connectivity index (χ3v) is 4.55. The molecular weight excluding hydrogens is 366 g/mol. The van der Waals surface area contributed by atoms with Crippen molar-refractivity contribution in [2.24, 2.45) is 5.73 Å². The Labute approximate surface area is 169 Å². The molecule has 0 aliphatic rings. The second-order valence-corrected chi connectivity index (χ2v) is 6.69. The lowest BCUT2D eigenvalue weighted by Crippen LogP contribution is -2.16. The maximum absolute atomic E-state index is 11.8. The zero-order chi connectivity index (χ0) is 20.8. The topological polar surface area (TPSA) is 94.1 Å². The summed E-state index contributed by atoms with van der Waals surface area (Å²) in [4.78, 5) is 28.4. The molecule has 0 saturated heterocycles. The highest BCUT2D eigenvalue weighted by molar-refractivity contribution is 5.99. The van der Waals surface area contributed by atoms with Gasteiger partial charge in [0.25, 0.3) is 5.91 Å². The minimum atomic E-state index is -0.576. The molecule has 0 aliphatic heterocycles. The number of aromatic nitrogens is 3. The van der Waals surface area contributed by atoms with E-state index < -0.39 is 5.91 Å². The summed E-state index contributed by atoms with van der Waals surface area (Å²) in [6.07, 6.45) is 4.09. The van der Waals surface area contributed by atoms with Gasteiger partial charge in [-0.05, 0) is 31.5 Å². The van der Waals surface area contributed by atoms with Gasteiger partial charge in [0.15, 0.2) is 0 Å². The van der Waals surface area contributed by atoms with Gasteiger partial charge in [-0.25, -0.2) is 4.98 Å². The van der Waals surface area contributed by atoms with Crippen molar-refractivity contribution < 1.29 is 9.59 Å². The molecule has 3 aromatic rings. The van der Waals surface area contributed by atoms with Crippen LogP contribution in [0.4, 0.5) is 0 Å². The molecule has 2 aromatic heterocycles. The first-order chi connectivity index (χ1) is 14.0. The van der Waals surface area contributed by atoms with Gasteiger partial charge >= 0.3 is 0 Å². The van der Waals surface area contributed by atoms with E-state index in [1.165, 1.54) is 0 Å².